The van der Waals surface area contributed by atoms with Crippen LogP contribution in [0, 0.1) is 11.8 Å². The summed E-state index contributed by atoms with van der Waals surface area (Å²) in [4.78, 5) is 16.0. The minimum absolute atomic E-state index is 0.324. The molecule has 4 heteroatoms. The van der Waals surface area contributed by atoms with Crippen molar-refractivity contribution in [3.8, 4) is 0 Å². The Kier molecular flexibility index (Phi) is 6.24. The number of carbonyl (C=O) groups is 1. The van der Waals surface area contributed by atoms with Crippen molar-refractivity contribution in [2.45, 2.75) is 52.0 Å². The number of hydrogen-bond donors (Lipinski definition) is 1. The lowest BCUT2D eigenvalue weighted by molar-refractivity contribution is -0.132. The van der Waals surface area contributed by atoms with E-state index in [9.17, 15) is 4.79 Å². The van der Waals surface area contributed by atoms with E-state index in [-0.39, 0.29) is 0 Å². The van der Waals surface area contributed by atoms with Gasteiger partial charge in [0.2, 0.25) is 5.91 Å². The number of likely N-dealkylation sites (tertiary alicyclic amines) is 1. The predicted octanol–water partition coefficient (Wildman–Crippen LogP) is 3.81. The van der Waals surface area contributed by atoms with Gasteiger partial charge < -0.3 is 10.6 Å². The summed E-state index contributed by atoms with van der Waals surface area (Å²) in [5, 5.41) is 2.10. The molecule has 0 radical (unpaired) electrons. The van der Waals surface area contributed by atoms with Crippen molar-refractivity contribution < 1.29 is 4.79 Å². The summed E-state index contributed by atoms with van der Waals surface area (Å²) >= 11 is 1.77. The molecule has 21 heavy (non-hydrogen) atoms. The van der Waals surface area contributed by atoms with Crippen LogP contribution in [0.2, 0.25) is 0 Å². The molecular weight excluding hydrogens is 280 g/mol. The standard InChI is InChI=1S/C17H28N2OS/c1-13(2)14(9-10-18)7-8-17(20)19-11-3-5-15(19)16-6-4-12-21-16/h4,6,12-15H,3,5,7-11,18H2,1-2H3. The Hall–Kier alpha value is -0.870. The Labute approximate surface area is 132 Å². The van der Waals surface area contributed by atoms with E-state index < -0.39 is 0 Å². The van der Waals surface area contributed by atoms with E-state index in [1.807, 2.05) is 0 Å². The maximum Gasteiger partial charge on any atom is 0.223 e. The van der Waals surface area contributed by atoms with Gasteiger partial charge in [-0.15, -0.1) is 11.3 Å². The van der Waals surface area contributed by atoms with Gasteiger partial charge in [-0.2, -0.15) is 0 Å². The molecule has 2 atom stereocenters. The fourth-order valence-corrected chi connectivity index (χ4v) is 4.19. The van der Waals surface area contributed by atoms with E-state index >= 15 is 0 Å². The van der Waals surface area contributed by atoms with E-state index in [2.05, 4.69) is 36.3 Å². The lowest BCUT2D eigenvalue weighted by Gasteiger charge is -2.26. The minimum atomic E-state index is 0.324. The van der Waals surface area contributed by atoms with E-state index in [4.69, 9.17) is 5.73 Å². The molecule has 1 aromatic rings. The van der Waals surface area contributed by atoms with Crippen LogP contribution in [0.3, 0.4) is 0 Å². The van der Waals surface area contributed by atoms with E-state index in [0.717, 1.165) is 38.8 Å². The second kappa shape index (κ2) is 7.95. The van der Waals surface area contributed by atoms with Gasteiger partial charge in [0.1, 0.15) is 0 Å². The van der Waals surface area contributed by atoms with Crippen LogP contribution < -0.4 is 5.73 Å². The Balaban J connectivity index is 1.90. The SMILES string of the molecule is CC(C)C(CCN)CCC(=O)N1CCCC1c1cccs1. The van der Waals surface area contributed by atoms with Crippen LogP contribution >= 0.6 is 11.3 Å². The number of nitrogens with two attached hydrogens (primary N) is 1. The Morgan fingerprint density at radius 3 is 2.90 bits per heavy atom. The van der Waals surface area contributed by atoms with Crippen molar-refractivity contribution in [3.63, 3.8) is 0 Å². The number of nitrogens with zero attached hydrogens (tertiary/aromatic N) is 1. The maximum absolute atomic E-state index is 12.6. The lowest BCUT2D eigenvalue weighted by atomic mass is 9.88. The number of rotatable bonds is 7. The Bertz CT molecular complexity index is 430. The molecule has 0 aliphatic carbocycles. The molecule has 118 valence electrons. The van der Waals surface area contributed by atoms with Gasteiger partial charge in [-0.25, -0.2) is 0 Å². The molecule has 2 unspecified atom stereocenters. The number of hydrogen-bond acceptors (Lipinski definition) is 3. The third-order valence-electron chi connectivity index (χ3n) is 4.65. The summed E-state index contributed by atoms with van der Waals surface area (Å²) in [6.45, 7) is 6.10. The molecule has 2 N–H and O–H groups in total. The molecule has 0 saturated carbocycles. The van der Waals surface area contributed by atoms with Crippen LogP contribution in [0.25, 0.3) is 0 Å². The summed E-state index contributed by atoms with van der Waals surface area (Å²) in [6.07, 6.45) is 4.92. The van der Waals surface area contributed by atoms with Gasteiger partial charge in [-0.1, -0.05) is 19.9 Å². The van der Waals surface area contributed by atoms with Gasteiger partial charge in [-0.3, -0.25) is 4.79 Å². The summed E-state index contributed by atoms with van der Waals surface area (Å²) in [7, 11) is 0. The van der Waals surface area contributed by atoms with Crippen molar-refractivity contribution in [3.05, 3.63) is 22.4 Å². The highest BCUT2D eigenvalue weighted by Crippen LogP contribution is 2.35. The summed E-state index contributed by atoms with van der Waals surface area (Å²) in [6, 6.07) is 4.56. The zero-order valence-corrected chi connectivity index (χ0v) is 14.1. The second-order valence-corrected chi connectivity index (χ2v) is 7.36. The molecule has 0 aromatic carbocycles. The Morgan fingerprint density at radius 2 is 2.29 bits per heavy atom. The Morgan fingerprint density at radius 1 is 1.48 bits per heavy atom. The van der Waals surface area contributed by atoms with Crippen LogP contribution in [-0.2, 0) is 4.79 Å². The van der Waals surface area contributed by atoms with Crippen LogP contribution in [0.15, 0.2) is 17.5 Å². The van der Waals surface area contributed by atoms with Gasteiger partial charge >= 0.3 is 0 Å². The maximum atomic E-state index is 12.6. The molecule has 2 rings (SSSR count). The number of amides is 1. The molecule has 2 heterocycles. The highest BCUT2D eigenvalue weighted by atomic mass is 32.1. The predicted molar refractivity (Wildman–Crippen MR) is 89.2 cm³/mol. The highest BCUT2D eigenvalue weighted by molar-refractivity contribution is 7.10. The zero-order chi connectivity index (χ0) is 15.2. The largest absolute Gasteiger partial charge is 0.335 e. The summed E-state index contributed by atoms with van der Waals surface area (Å²) in [5.74, 6) is 1.50. The van der Waals surface area contributed by atoms with Crippen molar-refractivity contribution in [2.24, 2.45) is 17.6 Å². The molecule has 1 aliphatic heterocycles. The first-order chi connectivity index (χ1) is 10.1. The smallest absolute Gasteiger partial charge is 0.223 e. The lowest BCUT2D eigenvalue weighted by Crippen LogP contribution is -2.30. The number of carbonyl (C=O) groups excluding carboxylic acids is 1. The first-order valence-electron chi connectivity index (χ1n) is 8.16. The molecule has 0 spiro atoms. The fraction of sp³-hybridized carbons (Fsp3) is 0.706. The van der Waals surface area contributed by atoms with Crippen molar-refractivity contribution in [1.82, 2.24) is 4.90 Å². The first-order valence-corrected chi connectivity index (χ1v) is 9.04. The molecule has 1 aromatic heterocycles. The first kappa shape index (κ1) is 16.5. The molecule has 1 amide bonds. The van der Waals surface area contributed by atoms with Crippen molar-refractivity contribution >= 4 is 17.2 Å². The third-order valence-corrected chi connectivity index (χ3v) is 5.63. The van der Waals surface area contributed by atoms with Gasteiger partial charge in [0.05, 0.1) is 6.04 Å². The van der Waals surface area contributed by atoms with Crippen LogP contribution in [0.5, 0.6) is 0 Å². The van der Waals surface area contributed by atoms with E-state index in [1.54, 1.807) is 11.3 Å². The topological polar surface area (TPSA) is 46.3 Å². The summed E-state index contributed by atoms with van der Waals surface area (Å²) < 4.78 is 0. The third kappa shape index (κ3) is 4.30. The fourth-order valence-electron chi connectivity index (χ4n) is 3.32. The monoisotopic (exact) mass is 308 g/mol. The minimum Gasteiger partial charge on any atom is -0.335 e. The molecular formula is C17H28N2OS. The molecule has 1 aliphatic rings. The van der Waals surface area contributed by atoms with Gasteiger partial charge in [0, 0.05) is 17.8 Å². The normalized spacial score (nSPS) is 20.2. The van der Waals surface area contributed by atoms with Crippen LogP contribution in [0.1, 0.15) is 56.9 Å². The van der Waals surface area contributed by atoms with Crippen molar-refractivity contribution in [2.75, 3.05) is 13.1 Å². The molecule has 1 fully saturated rings. The highest BCUT2D eigenvalue weighted by Gasteiger charge is 2.30. The average molecular weight is 308 g/mol. The van der Waals surface area contributed by atoms with Gasteiger partial charge in [0.25, 0.3) is 0 Å². The zero-order valence-electron chi connectivity index (χ0n) is 13.3. The molecule has 0 bridgehead atoms. The van der Waals surface area contributed by atoms with E-state index in [0.29, 0.717) is 30.2 Å². The molecule has 3 nitrogen and oxygen atoms in total. The number of thiophene rings is 1. The van der Waals surface area contributed by atoms with Gasteiger partial charge in [0.15, 0.2) is 0 Å². The van der Waals surface area contributed by atoms with Crippen molar-refractivity contribution in [1.29, 1.82) is 0 Å². The van der Waals surface area contributed by atoms with E-state index in [1.165, 1.54) is 4.88 Å². The second-order valence-electron chi connectivity index (χ2n) is 6.38. The van der Waals surface area contributed by atoms with Crippen LogP contribution in [-0.4, -0.2) is 23.9 Å². The average Bonchev–Trinajstić information content (AvgIpc) is 3.11. The molecule has 1 saturated heterocycles. The van der Waals surface area contributed by atoms with Crippen LogP contribution in [0.4, 0.5) is 0 Å². The van der Waals surface area contributed by atoms with Gasteiger partial charge in [-0.05, 0) is 55.5 Å². The quantitative estimate of drug-likeness (QED) is 0.832. The summed E-state index contributed by atoms with van der Waals surface area (Å²) in [5.41, 5.74) is 5.69.